The van der Waals surface area contributed by atoms with Gasteiger partial charge in [-0.15, -0.1) is 0 Å². The molecular weight excluding hydrogens is 347 g/mol. The lowest BCUT2D eigenvalue weighted by Crippen LogP contribution is -2.24. The summed E-state index contributed by atoms with van der Waals surface area (Å²) in [7, 11) is 1.54. The number of carbonyl (C=O) groups excluding carboxylic acids is 1. The lowest BCUT2D eigenvalue weighted by Gasteiger charge is -2.08. The lowest BCUT2D eigenvalue weighted by molar-refractivity contribution is 0.0944. The maximum atomic E-state index is 14.2. The molecule has 0 aliphatic heterocycles. The van der Waals surface area contributed by atoms with E-state index in [2.05, 4.69) is 15.4 Å². The Morgan fingerprint density at radius 2 is 2.11 bits per heavy atom. The van der Waals surface area contributed by atoms with Gasteiger partial charge in [-0.2, -0.15) is 5.10 Å². The zero-order valence-electron chi connectivity index (χ0n) is 14.9. The molecule has 3 aromatic rings. The molecule has 1 aliphatic carbocycles. The summed E-state index contributed by atoms with van der Waals surface area (Å²) in [5, 5.41) is 7.31. The van der Waals surface area contributed by atoms with Crippen LogP contribution >= 0.6 is 0 Å². The SMILES string of the molecule is COc1ncccc1CNC(=O)c1nn(-c2ccccc2F)c2c1CCC2. The number of fused-ring (bicyclic) bond motifs is 1. The first-order valence-electron chi connectivity index (χ1n) is 8.81. The minimum atomic E-state index is -0.359. The minimum absolute atomic E-state index is 0.275. The van der Waals surface area contributed by atoms with Crippen LogP contribution < -0.4 is 10.1 Å². The Labute approximate surface area is 156 Å². The summed E-state index contributed by atoms with van der Waals surface area (Å²) >= 11 is 0. The van der Waals surface area contributed by atoms with Crippen LogP contribution in [0.2, 0.25) is 0 Å². The molecule has 0 unspecified atom stereocenters. The molecular formula is C20H19FN4O2. The minimum Gasteiger partial charge on any atom is -0.481 e. The van der Waals surface area contributed by atoms with Crippen LogP contribution in [0.25, 0.3) is 5.69 Å². The van der Waals surface area contributed by atoms with E-state index in [0.29, 0.717) is 17.3 Å². The Balaban J connectivity index is 1.62. The summed E-state index contributed by atoms with van der Waals surface area (Å²) in [5.74, 6) is -0.171. The largest absolute Gasteiger partial charge is 0.481 e. The van der Waals surface area contributed by atoms with E-state index in [1.165, 1.54) is 13.2 Å². The van der Waals surface area contributed by atoms with Gasteiger partial charge in [-0.25, -0.2) is 14.1 Å². The number of amides is 1. The highest BCUT2D eigenvalue weighted by Crippen LogP contribution is 2.28. The summed E-state index contributed by atoms with van der Waals surface area (Å²) < 4.78 is 21.0. The maximum absolute atomic E-state index is 14.2. The van der Waals surface area contributed by atoms with E-state index in [9.17, 15) is 9.18 Å². The van der Waals surface area contributed by atoms with E-state index in [4.69, 9.17) is 4.74 Å². The summed E-state index contributed by atoms with van der Waals surface area (Å²) in [6, 6.07) is 10.1. The number of para-hydroxylation sites is 1. The highest BCUT2D eigenvalue weighted by atomic mass is 19.1. The summed E-state index contributed by atoms with van der Waals surface area (Å²) in [6.45, 7) is 0.275. The lowest BCUT2D eigenvalue weighted by atomic mass is 10.2. The first-order chi connectivity index (χ1) is 13.2. The number of aromatic nitrogens is 3. The molecule has 0 atom stereocenters. The maximum Gasteiger partial charge on any atom is 0.272 e. The zero-order valence-corrected chi connectivity index (χ0v) is 14.9. The van der Waals surface area contributed by atoms with Crippen molar-refractivity contribution >= 4 is 5.91 Å². The third-order valence-electron chi connectivity index (χ3n) is 4.71. The van der Waals surface area contributed by atoms with E-state index in [1.54, 1.807) is 35.1 Å². The van der Waals surface area contributed by atoms with Gasteiger partial charge in [0, 0.05) is 29.6 Å². The molecule has 0 spiro atoms. The van der Waals surface area contributed by atoms with E-state index in [1.807, 2.05) is 6.07 Å². The standard InChI is InChI=1S/C20H19FN4O2/c1-27-20-13(6-5-11-22-20)12-23-19(26)18-14-7-4-10-16(14)25(24-18)17-9-3-2-8-15(17)21/h2-3,5-6,8-9,11H,4,7,10,12H2,1H3,(H,23,26). The zero-order chi connectivity index (χ0) is 18.8. The second kappa shape index (κ2) is 7.19. The number of rotatable bonds is 5. The fourth-order valence-corrected chi connectivity index (χ4v) is 3.44. The molecule has 27 heavy (non-hydrogen) atoms. The molecule has 0 saturated heterocycles. The number of benzene rings is 1. The molecule has 1 aliphatic rings. The van der Waals surface area contributed by atoms with Crippen molar-refractivity contribution in [1.82, 2.24) is 20.1 Å². The topological polar surface area (TPSA) is 69.0 Å². The number of hydrogen-bond acceptors (Lipinski definition) is 4. The van der Waals surface area contributed by atoms with Crippen molar-refractivity contribution < 1.29 is 13.9 Å². The monoisotopic (exact) mass is 366 g/mol. The van der Waals surface area contributed by atoms with Gasteiger partial charge >= 0.3 is 0 Å². The van der Waals surface area contributed by atoms with E-state index in [-0.39, 0.29) is 18.3 Å². The number of halogens is 1. The van der Waals surface area contributed by atoms with Gasteiger partial charge < -0.3 is 10.1 Å². The van der Waals surface area contributed by atoms with Crippen molar-refractivity contribution in [2.45, 2.75) is 25.8 Å². The van der Waals surface area contributed by atoms with Crippen LogP contribution in [0.3, 0.4) is 0 Å². The summed E-state index contributed by atoms with van der Waals surface area (Å²) in [5.41, 5.74) is 3.30. The quantitative estimate of drug-likeness (QED) is 0.754. The molecule has 2 aromatic heterocycles. The third kappa shape index (κ3) is 3.16. The number of nitrogens with zero attached hydrogens (tertiary/aromatic N) is 3. The number of methoxy groups -OCH3 is 1. The van der Waals surface area contributed by atoms with Crippen molar-refractivity contribution in [2.24, 2.45) is 0 Å². The van der Waals surface area contributed by atoms with Crippen LogP contribution in [-0.2, 0) is 19.4 Å². The number of nitrogens with one attached hydrogen (secondary N) is 1. The smallest absolute Gasteiger partial charge is 0.272 e. The van der Waals surface area contributed by atoms with Crippen molar-refractivity contribution in [1.29, 1.82) is 0 Å². The second-order valence-electron chi connectivity index (χ2n) is 6.35. The van der Waals surface area contributed by atoms with Gasteiger partial charge in [0.1, 0.15) is 11.5 Å². The van der Waals surface area contributed by atoms with Crippen LogP contribution in [0.4, 0.5) is 4.39 Å². The van der Waals surface area contributed by atoms with Crippen LogP contribution in [0, 0.1) is 5.82 Å². The highest BCUT2D eigenvalue weighted by molar-refractivity contribution is 5.94. The predicted molar refractivity (Wildman–Crippen MR) is 97.5 cm³/mol. The molecule has 4 rings (SSSR count). The van der Waals surface area contributed by atoms with Gasteiger partial charge in [0.05, 0.1) is 7.11 Å². The number of carbonyl (C=O) groups is 1. The van der Waals surface area contributed by atoms with Gasteiger partial charge in [0.25, 0.3) is 5.91 Å². The molecule has 6 nitrogen and oxygen atoms in total. The Bertz CT molecular complexity index is 999. The van der Waals surface area contributed by atoms with Gasteiger partial charge in [-0.05, 0) is 37.5 Å². The molecule has 1 aromatic carbocycles. The third-order valence-corrected chi connectivity index (χ3v) is 4.71. The van der Waals surface area contributed by atoms with Gasteiger partial charge in [-0.3, -0.25) is 4.79 Å². The van der Waals surface area contributed by atoms with Crippen LogP contribution in [0.15, 0.2) is 42.6 Å². The van der Waals surface area contributed by atoms with Crippen molar-refractivity contribution in [3.8, 4) is 11.6 Å². The van der Waals surface area contributed by atoms with Crippen molar-refractivity contribution in [3.63, 3.8) is 0 Å². The molecule has 0 bridgehead atoms. The first kappa shape index (κ1) is 17.2. The van der Waals surface area contributed by atoms with Crippen LogP contribution in [-0.4, -0.2) is 27.8 Å². The summed E-state index contributed by atoms with van der Waals surface area (Å²) in [6.07, 6.45) is 4.11. The molecule has 1 amide bonds. The fourth-order valence-electron chi connectivity index (χ4n) is 3.44. The van der Waals surface area contributed by atoms with Gasteiger partial charge in [0.15, 0.2) is 5.69 Å². The Morgan fingerprint density at radius 1 is 1.26 bits per heavy atom. The molecule has 7 heteroatoms. The summed E-state index contributed by atoms with van der Waals surface area (Å²) in [4.78, 5) is 16.9. The van der Waals surface area contributed by atoms with Crippen molar-refractivity contribution in [3.05, 3.63) is 70.9 Å². The van der Waals surface area contributed by atoms with Crippen molar-refractivity contribution in [2.75, 3.05) is 7.11 Å². The fraction of sp³-hybridized carbons (Fsp3) is 0.250. The Hall–Kier alpha value is -3.22. The Kier molecular flexibility index (Phi) is 4.58. The highest BCUT2D eigenvalue weighted by Gasteiger charge is 2.27. The van der Waals surface area contributed by atoms with Gasteiger partial charge in [0.2, 0.25) is 5.88 Å². The molecule has 1 N–H and O–H groups in total. The van der Waals surface area contributed by atoms with Crippen LogP contribution in [0.5, 0.6) is 5.88 Å². The van der Waals surface area contributed by atoms with E-state index in [0.717, 1.165) is 36.1 Å². The van der Waals surface area contributed by atoms with Crippen LogP contribution in [0.1, 0.15) is 33.7 Å². The molecule has 0 radical (unpaired) electrons. The second-order valence-corrected chi connectivity index (χ2v) is 6.35. The first-order valence-corrected chi connectivity index (χ1v) is 8.81. The number of ether oxygens (including phenoxy) is 1. The normalized spacial score (nSPS) is 12.7. The molecule has 2 heterocycles. The number of hydrogen-bond donors (Lipinski definition) is 1. The van der Waals surface area contributed by atoms with Gasteiger partial charge in [-0.1, -0.05) is 18.2 Å². The average molecular weight is 366 g/mol. The van der Waals surface area contributed by atoms with E-state index >= 15 is 0 Å². The van der Waals surface area contributed by atoms with E-state index < -0.39 is 0 Å². The molecule has 138 valence electrons. The average Bonchev–Trinajstić information content (AvgIpc) is 3.29. The molecule has 0 fully saturated rings. The Morgan fingerprint density at radius 3 is 2.93 bits per heavy atom. The predicted octanol–water partition coefficient (Wildman–Crippen LogP) is 2.83. The molecule has 0 saturated carbocycles. The number of pyridine rings is 1.